The van der Waals surface area contributed by atoms with Crippen molar-refractivity contribution >= 4 is 11.8 Å². The Morgan fingerprint density at radius 3 is 1.67 bits per heavy atom. The molecule has 4 aromatic carbocycles. The molecule has 6 nitrogen and oxygen atoms in total. The first kappa shape index (κ1) is 33.4. The van der Waals surface area contributed by atoms with Crippen LogP contribution < -0.4 is 0 Å². The van der Waals surface area contributed by atoms with Gasteiger partial charge in [0.1, 0.15) is 18.3 Å². The summed E-state index contributed by atoms with van der Waals surface area (Å²) >= 11 is 1.75. The van der Waals surface area contributed by atoms with E-state index in [1.54, 1.807) is 26.0 Å². The molecule has 0 amide bonds. The first-order chi connectivity index (χ1) is 22.1. The highest BCUT2D eigenvalue weighted by Crippen LogP contribution is 2.40. The maximum atomic E-state index is 6.94. The normalized spacial score (nSPS) is 21.6. The number of aryl methyl sites for hydroxylation is 1. The summed E-state index contributed by atoms with van der Waals surface area (Å²) in [6, 6.07) is 39.3. The van der Waals surface area contributed by atoms with E-state index in [0.29, 0.717) is 32.8 Å². The van der Waals surface area contributed by atoms with Gasteiger partial charge in [0.05, 0.1) is 37.8 Å². The molecule has 5 rings (SSSR count). The maximum Gasteiger partial charge on any atom is 0.159 e. The number of thioether (sulfide) groups is 1. The maximum absolute atomic E-state index is 6.94. The van der Waals surface area contributed by atoms with Crippen LogP contribution in [0.5, 0.6) is 0 Å². The van der Waals surface area contributed by atoms with Crippen molar-refractivity contribution in [3.05, 3.63) is 138 Å². The average Bonchev–Trinajstić information content (AvgIpc) is 3.09. The Labute approximate surface area is 272 Å². The highest BCUT2D eigenvalue weighted by Gasteiger charge is 2.48. The SMILES string of the molecule is COC(C[C@@H]1O[C@H](COCc2ccccc2)[C@@H](OCc2ccccc2)[C@H](OCc2ccccc2)[C@H]1Sc1ccc(C)cc1)OC. The van der Waals surface area contributed by atoms with Crippen LogP contribution in [0.15, 0.2) is 120 Å². The van der Waals surface area contributed by atoms with Crippen molar-refractivity contribution in [2.24, 2.45) is 0 Å². The second kappa shape index (κ2) is 17.6. The van der Waals surface area contributed by atoms with E-state index in [4.69, 9.17) is 28.4 Å². The summed E-state index contributed by atoms with van der Waals surface area (Å²) in [7, 11) is 3.32. The average molecular weight is 629 g/mol. The number of hydrogen-bond acceptors (Lipinski definition) is 7. The molecule has 1 aliphatic heterocycles. The molecular formula is C38H44O6S. The molecule has 1 saturated heterocycles. The van der Waals surface area contributed by atoms with Crippen LogP contribution >= 0.6 is 11.8 Å². The van der Waals surface area contributed by atoms with E-state index in [2.05, 4.69) is 67.6 Å². The topological polar surface area (TPSA) is 55.4 Å². The predicted octanol–water partition coefficient (Wildman–Crippen LogP) is 7.62. The second-order valence-corrected chi connectivity index (χ2v) is 12.5. The third-order valence-electron chi connectivity index (χ3n) is 7.94. The van der Waals surface area contributed by atoms with Gasteiger partial charge in [-0.1, -0.05) is 109 Å². The van der Waals surface area contributed by atoms with E-state index in [9.17, 15) is 0 Å². The number of methoxy groups -OCH3 is 2. The summed E-state index contributed by atoms with van der Waals surface area (Å²) in [4.78, 5) is 1.14. The standard InChI is InChI=1S/C38H44O6S/c1-28-19-21-32(22-20-28)45-38-33(23-35(39-2)40-3)44-34(27-41-24-29-13-7-4-8-14-29)36(42-25-30-15-9-5-10-16-30)37(38)43-26-31-17-11-6-12-18-31/h4-22,33-38H,23-27H2,1-3H3/t33-,34+,36+,37-,38-/m0/s1. The fourth-order valence-electron chi connectivity index (χ4n) is 5.50. The number of hydrogen-bond donors (Lipinski definition) is 0. The van der Waals surface area contributed by atoms with Gasteiger partial charge in [0.25, 0.3) is 0 Å². The summed E-state index contributed by atoms with van der Waals surface area (Å²) in [6.07, 6.45) is -1.26. The first-order valence-electron chi connectivity index (χ1n) is 15.5. The van der Waals surface area contributed by atoms with E-state index in [1.807, 2.05) is 54.6 Å². The molecule has 0 aromatic heterocycles. The largest absolute Gasteiger partial charge is 0.374 e. The third kappa shape index (κ3) is 9.99. The molecule has 0 unspecified atom stereocenters. The van der Waals surface area contributed by atoms with E-state index in [1.165, 1.54) is 5.56 Å². The van der Waals surface area contributed by atoms with Crippen molar-refractivity contribution in [2.45, 2.75) is 74.0 Å². The number of rotatable bonds is 16. The van der Waals surface area contributed by atoms with E-state index in [0.717, 1.165) is 21.6 Å². The zero-order valence-corrected chi connectivity index (χ0v) is 27.1. The Morgan fingerprint density at radius 1 is 0.622 bits per heavy atom. The molecule has 1 fully saturated rings. The van der Waals surface area contributed by atoms with Gasteiger partial charge in [-0.3, -0.25) is 0 Å². The molecule has 238 valence electrons. The second-order valence-electron chi connectivity index (χ2n) is 11.3. The molecule has 1 heterocycles. The van der Waals surface area contributed by atoms with Crippen molar-refractivity contribution in [1.29, 1.82) is 0 Å². The number of benzene rings is 4. The van der Waals surface area contributed by atoms with E-state index in [-0.39, 0.29) is 23.6 Å². The summed E-state index contributed by atoms with van der Waals surface area (Å²) in [5, 5.41) is -0.115. The van der Waals surface area contributed by atoms with Crippen LogP contribution in [0.4, 0.5) is 0 Å². The van der Waals surface area contributed by atoms with E-state index < -0.39 is 12.4 Å². The lowest BCUT2D eigenvalue weighted by atomic mass is 9.94. The van der Waals surface area contributed by atoms with Gasteiger partial charge in [0.2, 0.25) is 0 Å². The van der Waals surface area contributed by atoms with Gasteiger partial charge in [0, 0.05) is 25.5 Å². The van der Waals surface area contributed by atoms with Crippen LogP contribution in [0.25, 0.3) is 0 Å². The molecule has 4 aromatic rings. The van der Waals surface area contributed by atoms with Crippen LogP contribution in [0.2, 0.25) is 0 Å². The van der Waals surface area contributed by atoms with Gasteiger partial charge in [0.15, 0.2) is 6.29 Å². The summed E-state index contributed by atoms with van der Waals surface area (Å²) < 4.78 is 38.2. The summed E-state index contributed by atoms with van der Waals surface area (Å²) in [6.45, 7) is 3.81. The fraction of sp³-hybridized carbons (Fsp3) is 0.368. The van der Waals surface area contributed by atoms with Gasteiger partial charge in [-0.25, -0.2) is 0 Å². The van der Waals surface area contributed by atoms with Crippen LogP contribution in [-0.4, -0.2) is 56.8 Å². The molecule has 0 radical (unpaired) electrons. The Kier molecular flexibility index (Phi) is 13.1. The molecule has 5 atom stereocenters. The smallest absolute Gasteiger partial charge is 0.159 e. The highest BCUT2D eigenvalue weighted by molar-refractivity contribution is 8.00. The Morgan fingerprint density at radius 2 is 1.13 bits per heavy atom. The monoisotopic (exact) mass is 628 g/mol. The molecular weight excluding hydrogens is 584 g/mol. The van der Waals surface area contributed by atoms with Gasteiger partial charge < -0.3 is 28.4 Å². The van der Waals surface area contributed by atoms with Crippen LogP contribution in [0.1, 0.15) is 28.7 Å². The summed E-state index contributed by atoms with van der Waals surface area (Å²) in [5.41, 5.74) is 4.51. The van der Waals surface area contributed by atoms with Crippen LogP contribution in [0.3, 0.4) is 0 Å². The van der Waals surface area contributed by atoms with Crippen LogP contribution in [0, 0.1) is 6.92 Å². The van der Waals surface area contributed by atoms with Gasteiger partial charge in [-0.05, 0) is 35.7 Å². The molecule has 0 spiro atoms. The first-order valence-corrected chi connectivity index (χ1v) is 16.4. The molecule has 0 aliphatic carbocycles. The van der Waals surface area contributed by atoms with Gasteiger partial charge in [-0.2, -0.15) is 0 Å². The van der Waals surface area contributed by atoms with Crippen molar-refractivity contribution in [3.63, 3.8) is 0 Å². The molecule has 0 bridgehead atoms. The quantitative estimate of drug-likeness (QED) is 0.118. The zero-order chi connectivity index (χ0) is 31.3. The zero-order valence-electron chi connectivity index (χ0n) is 26.3. The Bertz CT molecular complexity index is 1370. The summed E-state index contributed by atoms with van der Waals surface area (Å²) in [5.74, 6) is 0. The van der Waals surface area contributed by atoms with Gasteiger partial charge in [-0.15, -0.1) is 11.8 Å². The minimum atomic E-state index is -0.432. The predicted molar refractivity (Wildman–Crippen MR) is 178 cm³/mol. The number of ether oxygens (including phenoxy) is 6. The molecule has 0 N–H and O–H groups in total. The Balaban J connectivity index is 1.47. The van der Waals surface area contributed by atoms with Crippen LogP contribution in [-0.2, 0) is 48.2 Å². The molecule has 45 heavy (non-hydrogen) atoms. The lowest BCUT2D eigenvalue weighted by molar-refractivity contribution is -0.230. The van der Waals surface area contributed by atoms with Gasteiger partial charge >= 0.3 is 0 Å². The lowest BCUT2D eigenvalue weighted by Crippen LogP contribution is -2.60. The van der Waals surface area contributed by atoms with Crippen molar-refractivity contribution in [3.8, 4) is 0 Å². The molecule has 7 heteroatoms. The highest BCUT2D eigenvalue weighted by atomic mass is 32.2. The van der Waals surface area contributed by atoms with Crippen molar-refractivity contribution < 1.29 is 28.4 Å². The molecule has 1 aliphatic rings. The third-order valence-corrected chi connectivity index (χ3v) is 9.33. The molecule has 0 saturated carbocycles. The van der Waals surface area contributed by atoms with Crippen molar-refractivity contribution in [2.75, 3.05) is 20.8 Å². The minimum absolute atomic E-state index is 0.115. The Hall–Kier alpha value is -3.01. The van der Waals surface area contributed by atoms with E-state index >= 15 is 0 Å². The minimum Gasteiger partial charge on any atom is -0.374 e. The lowest BCUT2D eigenvalue weighted by Gasteiger charge is -2.47. The van der Waals surface area contributed by atoms with Crippen molar-refractivity contribution in [1.82, 2.24) is 0 Å². The fourth-order valence-corrected chi connectivity index (χ4v) is 6.80.